The Bertz CT molecular complexity index is 506. The van der Waals surface area contributed by atoms with Gasteiger partial charge in [-0.1, -0.05) is 23.7 Å². The van der Waals surface area contributed by atoms with E-state index in [1.807, 2.05) is 17.0 Å². The highest BCUT2D eigenvalue weighted by molar-refractivity contribution is 6.30. The molecule has 0 N–H and O–H groups in total. The van der Waals surface area contributed by atoms with Gasteiger partial charge in [-0.15, -0.1) is 0 Å². The highest BCUT2D eigenvalue weighted by Crippen LogP contribution is 2.40. The number of benzene rings is 1. The Morgan fingerprint density at radius 2 is 1.76 bits per heavy atom. The van der Waals surface area contributed by atoms with E-state index < -0.39 is 0 Å². The zero-order chi connectivity index (χ0) is 14.9. The fourth-order valence-electron chi connectivity index (χ4n) is 3.71. The molecule has 3 rings (SSSR count). The molecule has 0 atom stereocenters. The molecule has 1 aromatic carbocycles. The third-order valence-electron chi connectivity index (χ3n) is 5.11. The molecule has 1 spiro atoms. The van der Waals surface area contributed by atoms with Crippen LogP contribution in [0.1, 0.15) is 31.7 Å². The molecule has 114 valence electrons. The lowest BCUT2D eigenvalue weighted by Crippen LogP contribution is -2.43. The molecule has 2 saturated heterocycles. The van der Waals surface area contributed by atoms with Crippen LogP contribution in [0.15, 0.2) is 24.3 Å². The molecule has 0 aromatic heterocycles. The molecule has 2 aliphatic rings. The van der Waals surface area contributed by atoms with E-state index in [0.717, 1.165) is 37.5 Å². The SMILES string of the molecule is CC(=O)N1CCC2(CCN(Cc3ccc(Cl)cc3)C2)CC1. The Hall–Kier alpha value is -1.06. The molecule has 21 heavy (non-hydrogen) atoms. The quantitative estimate of drug-likeness (QED) is 0.838. The molecule has 0 radical (unpaired) electrons. The number of piperidine rings is 1. The first-order valence-electron chi connectivity index (χ1n) is 7.79. The average Bonchev–Trinajstić information content (AvgIpc) is 2.85. The lowest BCUT2D eigenvalue weighted by atomic mass is 9.78. The summed E-state index contributed by atoms with van der Waals surface area (Å²) in [6.45, 7) is 6.90. The summed E-state index contributed by atoms with van der Waals surface area (Å²) in [5, 5.41) is 0.799. The Balaban J connectivity index is 1.56. The number of rotatable bonds is 2. The van der Waals surface area contributed by atoms with Crippen LogP contribution < -0.4 is 0 Å². The minimum absolute atomic E-state index is 0.223. The van der Waals surface area contributed by atoms with E-state index in [4.69, 9.17) is 11.6 Å². The minimum Gasteiger partial charge on any atom is -0.343 e. The number of hydrogen-bond donors (Lipinski definition) is 0. The van der Waals surface area contributed by atoms with Crippen molar-refractivity contribution in [2.45, 2.75) is 32.7 Å². The van der Waals surface area contributed by atoms with Crippen LogP contribution in [0.3, 0.4) is 0 Å². The first-order chi connectivity index (χ1) is 10.1. The summed E-state index contributed by atoms with van der Waals surface area (Å²) in [5.74, 6) is 0.223. The largest absolute Gasteiger partial charge is 0.343 e. The zero-order valence-electron chi connectivity index (χ0n) is 12.6. The van der Waals surface area contributed by atoms with E-state index in [-0.39, 0.29) is 5.91 Å². The molecule has 0 saturated carbocycles. The molecule has 0 bridgehead atoms. The normalized spacial score (nSPS) is 21.9. The van der Waals surface area contributed by atoms with Crippen molar-refractivity contribution < 1.29 is 4.79 Å². The maximum atomic E-state index is 11.4. The maximum absolute atomic E-state index is 11.4. The molecule has 0 aliphatic carbocycles. The highest BCUT2D eigenvalue weighted by atomic mass is 35.5. The van der Waals surface area contributed by atoms with Gasteiger partial charge in [-0.05, 0) is 48.9 Å². The van der Waals surface area contributed by atoms with E-state index in [9.17, 15) is 4.79 Å². The highest BCUT2D eigenvalue weighted by Gasteiger charge is 2.40. The molecule has 1 amide bonds. The van der Waals surface area contributed by atoms with Gasteiger partial charge in [-0.3, -0.25) is 9.69 Å². The Labute approximate surface area is 131 Å². The summed E-state index contributed by atoms with van der Waals surface area (Å²) in [6.07, 6.45) is 3.58. The summed E-state index contributed by atoms with van der Waals surface area (Å²) in [5.41, 5.74) is 1.77. The Morgan fingerprint density at radius 1 is 1.14 bits per heavy atom. The van der Waals surface area contributed by atoms with E-state index in [2.05, 4.69) is 17.0 Å². The van der Waals surface area contributed by atoms with Crippen molar-refractivity contribution in [3.63, 3.8) is 0 Å². The summed E-state index contributed by atoms with van der Waals surface area (Å²) in [6, 6.07) is 8.17. The average molecular weight is 307 g/mol. The van der Waals surface area contributed by atoms with Crippen molar-refractivity contribution in [3.8, 4) is 0 Å². The van der Waals surface area contributed by atoms with Gasteiger partial charge in [-0.25, -0.2) is 0 Å². The van der Waals surface area contributed by atoms with Crippen LogP contribution in [0.4, 0.5) is 0 Å². The molecular weight excluding hydrogens is 284 g/mol. The van der Waals surface area contributed by atoms with Crippen LogP contribution in [-0.4, -0.2) is 41.9 Å². The van der Waals surface area contributed by atoms with Gasteiger partial charge in [0, 0.05) is 38.1 Å². The van der Waals surface area contributed by atoms with Crippen LogP contribution in [0.2, 0.25) is 5.02 Å². The predicted octanol–water partition coefficient (Wildman–Crippen LogP) is 3.17. The van der Waals surface area contributed by atoms with Crippen LogP contribution in [0, 0.1) is 5.41 Å². The predicted molar refractivity (Wildman–Crippen MR) is 85.3 cm³/mol. The minimum atomic E-state index is 0.223. The van der Waals surface area contributed by atoms with Gasteiger partial charge in [0.2, 0.25) is 5.91 Å². The number of likely N-dealkylation sites (tertiary alicyclic amines) is 2. The molecule has 2 heterocycles. The monoisotopic (exact) mass is 306 g/mol. The molecule has 0 unspecified atom stereocenters. The third kappa shape index (κ3) is 3.41. The van der Waals surface area contributed by atoms with Crippen LogP contribution >= 0.6 is 11.6 Å². The lowest BCUT2D eigenvalue weighted by Gasteiger charge is -2.39. The Kier molecular flexibility index (Phi) is 4.23. The second-order valence-corrected chi connectivity index (χ2v) is 7.03. The number of nitrogens with zero attached hydrogens (tertiary/aromatic N) is 2. The van der Waals surface area contributed by atoms with Gasteiger partial charge in [0.25, 0.3) is 0 Å². The van der Waals surface area contributed by atoms with Gasteiger partial charge >= 0.3 is 0 Å². The standard InChI is InChI=1S/C17H23ClN2O/c1-14(21)20-10-7-17(8-11-20)6-9-19(13-17)12-15-2-4-16(18)5-3-15/h2-5H,6-13H2,1H3. The van der Waals surface area contributed by atoms with E-state index in [0.29, 0.717) is 5.41 Å². The van der Waals surface area contributed by atoms with Crippen molar-refractivity contribution in [1.82, 2.24) is 9.80 Å². The summed E-state index contributed by atoms with van der Waals surface area (Å²) >= 11 is 5.94. The second kappa shape index (κ2) is 5.98. The van der Waals surface area contributed by atoms with Crippen molar-refractivity contribution in [2.24, 2.45) is 5.41 Å². The molecule has 2 fully saturated rings. The van der Waals surface area contributed by atoms with Crippen molar-refractivity contribution in [1.29, 1.82) is 0 Å². The topological polar surface area (TPSA) is 23.6 Å². The van der Waals surface area contributed by atoms with Gasteiger partial charge < -0.3 is 4.90 Å². The van der Waals surface area contributed by atoms with Gasteiger partial charge in [0.1, 0.15) is 0 Å². The van der Waals surface area contributed by atoms with Gasteiger partial charge in [0.05, 0.1) is 0 Å². The zero-order valence-corrected chi connectivity index (χ0v) is 13.4. The van der Waals surface area contributed by atoms with E-state index in [1.54, 1.807) is 6.92 Å². The maximum Gasteiger partial charge on any atom is 0.219 e. The van der Waals surface area contributed by atoms with Crippen molar-refractivity contribution >= 4 is 17.5 Å². The van der Waals surface area contributed by atoms with Crippen LogP contribution in [-0.2, 0) is 11.3 Å². The number of carbonyl (C=O) groups is 1. The first kappa shape index (κ1) is 14.9. The van der Waals surface area contributed by atoms with Gasteiger partial charge in [0.15, 0.2) is 0 Å². The number of amides is 1. The van der Waals surface area contributed by atoms with Crippen LogP contribution in [0.25, 0.3) is 0 Å². The molecule has 1 aromatic rings. The fraction of sp³-hybridized carbons (Fsp3) is 0.588. The smallest absolute Gasteiger partial charge is 0.219 e. The van der Waals surface area contributed by atoms with Crippen LogP contribution in [0.5, 0.6) is 0 Å². The molecule has 3 nitrogen and oxygen atoms in total. The molecular formula is C17H23ClN2O. The van der Waals surface area contributed by atoms with Crippen molar-refractivity contribution in [3.05, 3.63) is 34.9 Å². The lowest BCUT2D eigenvalue weighted by molar-refractivity contribution is -0.131. The fourth-order valence-corrected chi connectivity index (χ4v) is 3.84. The summed E-state index contributed by atoms with van der Waals surface area (Å²) < 4.78 is 0. The Morgan fingerprint density at radius 3 is 2.38 bits per heavy atom. The van der Waals surface area contributed by atoms with Gasteiger partial charge in [-0.2, -0.15) is 0 Å². The third-order valence-corrected chi connectivity index (χ3v) is 5.36. The van der Waals surface area contributed by atoms with E-state index in [1.165, 1.54) is 25.1 Å². The molecule has 2 aliphatic heterocycles. The van der Waals surface area contributed by atoms with E-state index >= 15 is 0 Å². The number of halogens is 1. The first-order valence-corrected chi connectivity index (χ1v) is 8.16. The van der Waals surface area contributed by atoms with Crippen molar-refractivity contribution in [2.75, 3.05) is 26.2 Å². The molecule has 4 heteroatoms. The summed E-state index contributed by atoms with van der Waals surface area (Å²) in [7, 11) is 0. The number of carbonyl (C=O) groups excluding carboxylic acids is 1. The summed E-state index contributed by atoms with van der Waals surface area (Å²) in [4.78, 5) is 16.0. The second-order valence-electron chi connectivity index (χ2n) is 6.59. The number of hydrogen-bond acceptors (Lipinski definition) is 2.